The summed E-state index contributed by atoms with van der Waals surface area (Å²) in [5.74, 6) is -0.880. The summed E-state index contributed by atoms with van der Waals surface area (Å²) >= 11 is 0. The van der Waals surface area contributed by atoms with Crippen molar-refractivity contribution in [1.29, 1.82) is 0 Å². The first-order chi connectivity index (χ1) is 13.1. The first-order valence-corrected chi connectivity index (χ1v) is 8.85. The van der Waals surface area contributed by atoms with Crippen LogP contribution in [0.5, 0.6) is 11.5 Å². The molecule has 7 nitrogen and oxygen atoms in total. The molecule has 0 aromatic heterocycles. The molecule has 28 heavy (non-hydrogen) atoms. The lowest BCUT2D eigenvalue weighted by molar-refractivity contribution is -0.139. The number of alkyl carbamates (subject to hydrolysis) is 1. The standard InChI is InChI=1S/C21H25NO6/c1-21(2,3)28-20(26)22-17(19(24)25)11-15-9-10-16(12-18(15)23)27-13-14-7-5-4-6-8-14/h4-10,12,17,23H,11,13H2,1-3H3,(H,22,26)(H,24,25). The lowest BCUT2D eigenvalue weighted by Gasteiger charge is -2.22. The number of ether oxygens (including phenoxy) is 2. The lowest BCUT2D eigenvalue weighted by Crippen LogP contribution is -2.44. The second-order valence-corrected chi connectivity index (χ2v) is 7.31. The second-order valence-electron chi connectivity index (χ2n) is 7.31. The van der Waals surface area contributed by atoms with Crippen LogP contribution in [-0.2, 0) is 22.6 Å². The number of rotatable bonds is 7. The summed E-state index contributed by atoms with van der Waals surface area (Å²) in [6, 6.07) is 13.0. The van der Waals surface area contributed by atoms with Crippen LogP contribution in [0, 0.1) is 0 Å². The molecule has 3 N–H and O–H groups in total. The molecule has 0 aliphatic rings. The van der Waals surface area contributed by atoms with Gasteiger partial charge in [0.25, 0.3) is 0 Å². The summed E-state index contributed by atoms with van der Waals surface area (Å²) in [6.45, 7) is 5.39. The van der Waals surface area contributed by atoms with Gasteiger partial charge in [-0.25, -0.2) is 9.59 Å². The van der Waals surface area contributed by atoms with Gasteiger partial charge in [0.2, 0.25) is 0 Å². The van der Waals surface area contributed by atoms with Crippen LogP contribution in [0.4, 0.5) is 4.79 Å². The van der Waals surface area contributed by atoms with Gasteiger partial charge in [-0.05, 0) is 38.0 Å². The molecular formula is C21H25NO6. The van der Waals surface area contributed by atoms with E-state index >= 15 is 0 Å². The molecule has 0 aliphatic carbocycles. The number of carboxylic acids is 1. The molecule has 1 unspecified atom stereocenters. The molecule has 2 aromatic carbocycles. The summed E-state index contributed by atoms with van der Waals surface area (Å²) < 4.78 is 10.7. The zero-order valence-electron chi connectivity index (χ0n) is 16.1. The third kappa shape index (κ3) is 6.83. The van der Waals surface area contributed by atoms with E-state index in [-0.39, 0.29) is 12.2 Å². The number of benzene rings is 2. The number of aromatic hydroxyl groups is 1. The van der Waals surface area contributed by atoms with Crippen LogP contribution in [0.3, 0.4) is 0 Å². The van der Waals surface area contributed by atoms with Crippen LogP contribution in [0.2, 0.25) is 0 Å². The van der Waals surface area contributed by atoms with Gasteiger partial charge < -0.3 is 25.0 Å². The molecule has 7 heteroatoms. The van der Waals surface area contributed by atoms with Gasteiger partial charge in [-0.3, -0.25) is 0 Å². The molecule has 0 bridgehead atoms. The molecule has 0 heterocycles. The molecule has 0 radical (unpaired) electrons. The zero-order valence-corrected chi connectivity index (χ0v) is 16.1. The van der Waals surface area contributed by atoms with Gasteiger partial charge in [-0.15, -0.1) is 0 Å². The van der Waals surface area contributed by atoms with Crippen molar-refractivity contribution in [3.05, 3.63) is 59.7 Å². The first kappa shape index (κ1) is 21.1. The number of carboxylic acid groups (broad SMARTS) is 1. The minimum Gasteiger partial charge on any atom is -0.508 e. The zero-order chi connectivity index (χ0) is 20.7. The van der Waals surface area contributed by atoms with Crippen molar-refractivity contribution in [3.8, 4) is 11.5 Å². The smallest absolute Gasteiger partial charge is 0.408 e. The quantitative estimate of drug-likeness (QED) is 0.672. The lowest BCUT2D eigenvalue weighted by atomic mass is 10.0. The number of hydrogen-bond donors (Lipinski definition) is 3. The van der Waals surface area contributed by atoms with Crippen LogP contribution in [0.1, 0.15) is 31.9 Å². The summed E-state index contributed by atoms with van der Waals surface area (Å²) in [5, 5.41) is 21.9. The molecule has 0 saturated heterocycles. The van der Waals surface area contributed by atoms with Gasteiger partial charge in [-0.2, -0.15) is 0 Å². The summed E-state index contributed by atoms with van der Waals surface area (Å²) in [4.78, 5) is 23.3. The van der Waals surface area contributed by atoms with Gasteiger partial charge in [0.05, 0.1) is 0 Å². The fourth-order valence-electron chi connectivity index (χ4n) is 2.42. The highest BCUT2D eigenvalue weighted by Gasteiger charge is 2.25. The number of aliphatic carboxylic acids is 1. The van der Waals surface area contributed by atoms with Gasteiger partial charge in [-0.1, -0.05) is 36.4 Å². The highest BCUT2D eigenvalue weighted by Crippen LogP contribution is 2.25. The van der Waals surface area contributed by atoms with Crippen LogP contribution >= 0.6 is 0 Å². The Kier molecular flexibility index (Phi) is 6.87. The number of carbonyl (C=O) groups is 2. The fraction of sp³-hybridized carbons (Fsp3) is 0.333. The number of carbonyl (C=O) groups excluding carboxylic acids is 1. The van der Waals surface area contributed by atoms with E-state index in [1.807, 2.05) is 30.3 Å². The Morgan fingerprint density at radius 2 is 1.79 bits per heavy atom. The number of nitrogens with one attached hydrogen (secondary N) is 1. The Balaban J connectivity index is 2.01. The van der Waals surface area contributed by atoms with Gasteiger partial charge in [0, 0.05) is 12.5 Å². The highest BCUT2D eigenvalue weighted by molar-refractivity contribution is 5.80. The van der Waals surface area contributed by atoms with Crippen LogP contribution < -0.4 is 10.1 Å². The van der Waals surface area contributed by atoms with E-state index in [0.717, 1.165) is 5.56 Å². The predicted molar refractivity (Wildman–Crippen MR) is 103 cm³/mol. The third-order valence-corrected chi connectivity index (χ3v) is 3.72. The fourth-order valence-corrected chi connectivity index (χ4v) is 2.42. The number of phenols is 1. The topological polar surface area (TPSA) is 105 Å². The van der Waals surface area contributed by atoms with E-state index in [1.54, 1.807) is 32.9 Å². The van der Waals surface area contributed by atoms with Crippen molar-refractivity contribution < 1.29 is 29.3 Å². The highest BCUT2D eigenvalue weighted by atomic mass is 16.6. The molecule has 0 saturated carbocycles. The first-order valence-electron chi connectivity index (χ1n) is 8.85. The van der Waals surface area contributed by atoms with E-state index < -0.39 is 23.7 Å². The molecule has 2 aromatic rings. The van der Waals surface area contributed by atoms with Gasteiger partial charge >= 0.3 is 12.1 Å². The van der Waals surface area contributed by atoms with E-state index in [9.17, 15) is 19.8 Å². The normalized spacial score (nSPS) is 12.1. The van der Waals surface area contributed by atoms with Crippen molar-refractivity contribution in [2.75, 3.05) is 0 Å². The Labute approximate surface area is 163 Å². The molecule has 2 rings (SSSR count). The van der Waals surface area contributed by atoms with Crippen molar-refractivity contribution >= 4 is 12.1 Å². The Morgan fingerprint density at radius 1 is 1.11 bits per heavy atom. The average Bonchev–Trinajstić information content (AvgIpc) is 2.60. The minimum absolute atomic E-state index is 0.0978. The van der Waals surface area contributed by atoms with Gasteiger partial charge in [0.15, 0.2) is 0 Å². The van der Waals surface area contributed by atoms with E-state index in [2.05, 4.69) is 5.32 Å². The van der Waals surface area contributed by atoms with Crippen molar-refractivity contribution in [2.45, 2.75) is 45.4 Å². The van der Waals surface area contributed by atoms with Crippen molar-refractivity contribution in [2.24, 2.45) is 0 Å². The molecular weight excluding hydrogens is 362 g/mol. The van der Waals surface area contributed by atoms with Gasteiger partial charge in [0.1, 0.15) is 29.7 Å². The molecule has 1 amide bonds. The maximum atomic E-state index is 11.8. The minimum atomic E-state index is -1.24. The Morgan fingerprint density at radius 3 is 2.36 bits per heavy atom. The third-order valence-electron chi connectivity index (χ3n) is 3.72. The van der Waals surface area contributed by atoms with E-state index in [4.69, 9.17) is 9.47 Å². The molecule has 0 fully saturated rings. The molecule has 0 spiro atoms. The Bertz CT molecular complexity index is 813. The number of phenolic OH excluding ortho intramolecular Hbond substituents is 1. The van der Waals surface area contributed by atoms with Crippen molar-refractivity contribution in [3.63, 3.8) is 0 Å². The second kappa shape index (κ2) is 9.12. The molecule has 1 atom stereocenters. The number of amides is 1. The molecule has 0 aliphatic heterocycles. The number of hydrogen-bond acceptors (Lipinski definition) is 5. The predicted octanol–water partition coefficient (Wildman–Crippen LogP) is 3.49. The van der Waals surface area contributed by atoms with E-state index in [0.29, 0.717) is 17.9 Å². The largest absolute Gasteiger partial charge is 0.508 e. The Hall–Kier alpha value is -3.22. The van der Waals surface area contributed by atoms with E-state index in [1.165, 1.54) is 6.07 Å². The maximum absolute atomic E-state index is 11.8. The van der Waals surface area contributed by atoms with Crippen molar-refractivity contribution in [1.82, 2.24) is 5.32 Å². The van der Waals surface area contributed by atoms with Crippen LogP contribution in [0.15, 0.2) is 48.5 Å². The summed E-state index contributed by atoms with van der Waals surface area (Å²) in [7, 11) is 0. The maximum Gasteiger partial charge on any atom is 0.408 e. The average molecular weight is 387 g/mol. The van der Waals surface area contributed by atoms with Crippen LogP contribution in [-0.4, -0.2) is 33.9 Å². The van der Waals surface area contributed by atoms with Crippen LogP contribution in [0.25, 0.3) is 0 Å². The summed E-state index contributed by atoms with van der Waals surface area (Å²) in [6.07, 6.45) is -0.929. The monoisotopic (exact) mass is 387 g/mol. The summed E-state index contributed by atoms with van der Waals surface area (Å²) in [5.41, 5.74) is 0.613. The SMILES string of the molecule is CC(C)(C)OC(=O)NC(Cc1ccc(OCc2ccccc2)cc1O)C(=O)O. The molecule has 150 valence electrons.